The molecule has 26 heavy (non-hydrogen) atoms. The second-order valence-electron chi connectivity index (χ2n) is 5.82. The third kappa shape index (κ3) is 4.95. The van der Waals surface area contributed by atoms with Crippen LogP contribution in [0, 0.1) is 6.92 Å². The van der Waals surface area contributed by atoms with Gasteiger partial charge in [0.1, 0.15) is 0 Å². The first kappa shape index (κ1) is 19.2. The standard InChI is InChI=1S/C19H24N2O5/c1-12-8-15(22)16(23)10-14(12)6-7-20-19(24)21-11-13-4-5-17(25-2)18(9-13)26-3/h4-5,8-10,22-23H,6-7,11H2,1-3H3,(H2,20,21,24). The van der Waals surface area contributed by atoms with E-state index < -0.39 is 0 Å². The van der Waals surface area contributed by atoms with Gasteiger partial charge in [0.2, 0.25) is 0 Å². The van der Waals surface area contributed by atoms with Gasteiger partial charge < -0.3 is 30.3 Å². The van der Waals surface area contributed by atoms with Crippen LogP contribution < -0.4 is 20.1 Å². The molecule has 0 fully saturated rings. The van der Waals surface area contributed by atoms with Gasteiger partial charge in [0.05, 0.1) is 14.2 Å². The summed E-state index contributed by atoms with van der Waals surface area (Å²) < 4.78 is 10.4. The van der Waals surface area contributed by atoms with Crippen molar-refractivity contribution in [3.05, 3.63) is 47.0 Å². The smallest absolute Gasteiger partial charge is 0.315 e. The third-order valence-electron chi connectivity index (χ3n) is 4.01. The maximum atomic E-state index is 11.9. The molecule has 2 aromatic rings. The van der Waals surface area contributed by atoms with Crippen molar-refractivity contribution in [1.29, 1.82) is 0 Å². The molecule has 4 N–H and O–H groups in total. The normalized spacial score (nSPS) is 10.3. The van der Waals surface area contributed by atoms with E-state index in [4.69, 9.17) is 9.47 Å². The van der Waals surface area contributed by atoms with Crippen LogP contribution in [-0.4, -0.2) is 37.0 Å². The van der Waals surface area contributed by atoms with Crippen molar-refractivity contribution in [1.82, 2.24) is 10.6 Å². The van der Waals surface area contributed by atoms with E-state index in [0.29, 0.717) is 31.0 Å². The Morgan fingerprint density at radius 2 is 1.69 bits per heavy atom. The van der Waals surface area contributed by atoms with Crippen LogP contribution in [0.4, 0.5) is 4.79 Å². The Hall–Kier alpha value is -3.09. The number of phenolic OH excluding ortho intramolecular Hbond substituents is 2. The number of hydrogen-bond donors (Lipinski definition) is 4. The highest BCUT2D eigenvalue weighted by Crippen LogP contribution is 2.28. The number of aromatic hydroxyl groups is 2. The van der Waals surface area contributed by atoms with Gasteiger partial charge in [0.25, 0.3) is 0 Å². The maximum absolute atomic E-state index is 11.9. The van der Waals surface area contributed by atoms with Gasteiger partial charge in [-0.2, -0.15) is 0 Å². The molecule has 0 aromatic heterocycles. The van der Waals surface area contributed by atoms with E-state index in [1.54, 1.807) is 20.3 Å². The van der Waals surface area contributed by atoms with Gasteiger partial charge >= 0.3 is 6.03 Å². The Morgan fingerprint density at radius 1 is 1.00 bits per heavy atom. The quantitative estimate of drug-likeness (QED) is 0.569. The molecule has 0 unspecified atom stereocenters. The van der Waals surface area contributed by atoms with Crippen molar-refractivity contribution in [3.63, 3.8) is 0 Å². The van der Waals surface area contributed by atoms with Crippen LogP contribution in [0.1, 0.15) is 16.7 Å². The van der Waals surface area contributed by atoms with E-state index in [1.807, 2.05) is 19.1 Å². The molecule has 0 saturated heterocycles. The van der Waals surface area contributed by atoms with Crippen LogP contribution in [-0.2, 0) is 13.0 Å². The number of phenols is 2. The van der Waals surface area contributed by atoms with E-state index in [9.17, 15) is 15.0 Å². The number of ether oxygens (including phenoxy) is 2. The fourth-order valence-corrected chi connectivity index (χ4v) is 2.54. The van der Waals surface area contributed by atoms with Crippen LogP contribution in [0.5, 0.6) is 23.0 Å². The number of aryl methyl sites for hydroxylation is 1. The molecular weight excluding hydrogens is 336 g/mol. The molecule has 0 saturated carbocycles. The number of rotatable bonds is 7. The van der Waals surface area contributed by atoms with E-state index in [-0.39, 0.29) is 17.5 Å². The number of urea groups is 1. The summed E-state index contributed by atoms with van der Waals surface area (Å²) in [6.07, 6.45) is 0.545. The molecule has 0 atom stereocenters. The summed E-state index contributed by atoms with van der Waals surface area (Å²) in [6, 6.07) is 8.16. The zero-order valence-corrected chi connectivity index (χ0v) is 15.1. The summed E-state index contributed by atoms with van der Waals surface area (Å²) in [4.78, 5) is 11.9. The lowest BCUT2D eigenvalue weighted by molar-refractivity contribution is 0.240. The van der Waals surface area contributed by atoms with E-state index in [1.165, 1.54) is 12.1 Å². The number of nitrogens with one attached hydrogen (secondary N) is 2. The fourth-order valence-electron chi connectivity index (χ4n) is 2.54. The van der Waals surface area contributed by atoms with Crippen LogP contribution in [0.25, 0.3) is 0 Å². The monoisotopic (exact) mass is 360 g/mol. The molecule has 0 heterocycles. The summed E-state index contributed by atoms with van der Waals surface area (Å²) >= 11 is 0. The Morgan fingerprint density at radius 3 is 2.38 bits per heavy atom. The molecule has 0 radical (unpaired) electrons. The maximum Gasteiger partial charge on any atom is 0.315 e. The van der Waals surface area contributed by atoms with Gasteiger partial charge in [-0.25, -0.2) is 4.79 Å². The lowest BCUT2D eigenvalue weighted by Crippen LogP contribution is -2.36. The molecule has 2 aromatic carbocycles. The molecule has 7 nitrogen and oxygen atoms in total. The number of methoxy groups -OCH3 is 2. The average Bonchev–Trinajstić information content (AvgIpc) is 2.63. The minimum absolute atomic E-state index is 0.146. The van der Waals surface area contributed by atoms with Crippen LogP contribution in [0.3, 0.4) is 0 Å². The Kier molecular flexibility index (Phi) is 6.54. The van der Waals surface area contributed by atoms with Crippen molar-refractivity contribution >= 4 is 6.03 Å². The van der Waals surface area contributed by atoms with Gasteiger partial charge in [0, 0.05) is 13.1 Å². The minimum Gasteiger partial charge on any atom is -0.504 e. The zero-order valence-electron chi connectivity index (χ0n) is 15.1. The SMILES string of the molecule is COc1ccc(CNC(=O)NCCc2cc(O)c(O)cc2C)cc1OC. The summed E-state index contributed by atoms with van der Waals surface area (Å²) in [6.45, 7) is 2.60. The first-order valence-corrected chi connectivity index (χ1v) is 8.18. The van der Waals surface area contributed by atoms with Crippen LogP contribution >= 0.6 is 0 Å². The van der Waals surface area contributed by atoms with Crippen LogP contribution in [0.2, 0.25) is 0 Å². The number of amides is 2. The van der Waals surface area contributed by atoms with Crippen molar-refractivity contribution < 1.29 is 24.5 Å². The Labute approximate surface area is 152 Å². The molecule has 0 aliphatic heterocycles. The number of carbonyl (C=O) groups is 1. The molecular formula is C19H24N2O5. The molecule has 0 spiro atoms. The van der Waals surface area contributed by atoms with Crippen LogP contribution in [0.15, 0.2) is 30.3 Å². The molecule has 140 valence electrons. The third-order valence-corrected chi connectivity index (χ3v) is 4.01. The molecule has 0 bridgehead atoms. The number of benzene rings is 2. The zero-order chi connectivity index (χ0) is 19.1. The highest BCUT2D eigenvalue weighted by molar-refractivity contribution is 5.73. The Balaban J connectivity index is 1.82. The second kappa shape index (κ2) is 8.84. The molecule has 2 rings (SSSR count). The van der Waals surface area contributed by atoms with E-state index in [0.717, 1.165) is 16.7 Å². The molecule has 0 aliphatic carbocycles. The van der Waals surface area contributed by atoms with Gasteiger partial charge in [-0.05, 0) is 54.3 Å². The first-order valence-electron chi connectivity index (χ1n) is 8.18. The van der Waals surface area contributed by atoms with Crippen molar-refractivity contribution in [2.24, 2.45) is 0 Å². The number of carbonyl (C=O) groups excluding carboxylic acids is 1. The first-order chi connectivity index (χ1) is 12.4. The predicted molar refractivity (Wildman–Crippen MR) is 98.0 cm³/mol. The summed E-state index contributed by atoms with van der Waals surface area (Å²) in [7, 11) is 3.13. The van der Waals surface area contributed by atoms with Gasteiger partial charge in [-0.3, -0.25) is 0 Å². The number of hydrogen-bond acceptors (Lipinski definition) is 5. The highest BCUT2D eigenvalue weighted by atomic mass is 16.5. The summed E-state index contributed by atoms with van der Waals surface area (Å²) in [5.41, 5.74) is 2.60. The summed E-state index contributed by atoms with van der Waals surface area (Å²) in [5, 5.41) is 24.5. The molecule has 2 amide bonds. The lowest BCUT2D eigenvalue weighted by atomic mass is 10.0. The lowest BCUT2D eigenvalue weighted by Gasteiger charge is -2.12. The van der Waals surface area contributed by atoms with Gasteiger partial charge in [0.15, 0.2) is 23.0 Å². The highest BCUT2D eigenvalue weighted by Gasteiger charge is 2.08. The Bertz CT molecular complexity index is 777. The van der Waals surface area contributed by atoms with Gasteiger partial charge in [-0.15, -0.1) is 0 Å². The second-order valence-corrected chi connectivity index (χ2v) is 5.82. The molecule has 0 aliphatic rings. The van der Waals surface area contributed by atoms with Gasteiger partial charge in [-0.1, -0.05) is 6.07 Å². The van der Waals surface area contributed by atoms with E-state index >= 15 is 0 Å². The molecule has 7 heteroatoms. The van der Waals surface area contributed by atoms with E-state index in [2.05, 4.69) is 10.6 Å². The predicted octanol–water partition coefficient (Wildman–Crippen LogP) is 2.47. The topological polar surface area (TPSA) is 100 Å². The fraction of sp³-hybridized carbons (Fsp3) is 0.316. The van der Waals surface area contributed by atoms with Crippen molar-refractivity contribution in [3.8, 4) is 23.0 Å². The average molecular weight is 360 g/mol. The van der Waals surface area contributed by atoms with Crippen molar-refractivity contribution in [2.75, 3.05) is 20.8 Å². The summed E-state index contributed by atoms with van der Waals surface area (Å²) in [5.74, 6) is 0.929. The van der Waals surface area contributed by atoms with Crippen molar-refractivity contribution in [2.45, 2.75) is 19.9 Å². The minimum atomic E-state index is -0.291. The largest absolute Gasteiger partial charge is 0.504 e.